The van der Waals surface area contributed by atoms with Crippen molar-refractivity contribution in [3.63, 3.8) is 0 Å². The number of halogens is 1. The fourth-order valence-electron chi connectivity index (χ4n) is 3.61. The number of amides is 1. The standard InChI is InChI=1S/C18H23BrN2O3S2/c1-10(2)5-16(22)20-18-21(14-8-26(23,24)9-15(14)25-18)17-11(3)6-13(19)7-12(17)4/h6-7,10,14-15H,5,8-9H2,1-4H3/t14-,15+/m1/s1. The zero-order chi connectivity index (χ0) is 19.2. The van der Waals surface area contributed by atoms with Gasteiger partial charge in [-0.1, -0.05) is 41.5 Å². The minimum absolute atomic E-state index is 0.0759. The Morgan fingerprint density at radius 2 is 1.92 bits per heavy atom. The van der Waals surface area contributed by atoms with Crippen LogP contribution in [0, 0.1) is 19.8 Å². The normalized spacial score (nSPS) is 25.9. The van der Waals surface area contributed by atoms with Crippen molar-refractivity contribution in [1.82, 2.24) is 0 Å². The minimum atomic E-state index is -3.06. The molecule has 8 heteroatoms. The number of sulfone groups is 1. The lowest BCUT2D eigenvalue weighted by Crippen LogP contribution is -2.38. The Bertz CT molecular complexity index is 857. The summed E-state index contributed by atoms with van der Waals surface area (Å²) < 4.78 is 25.3. The molecule has 3 rings (SSSR count). The van der Waals surface area contributed by atoms with E-state index in [1.807, 2.05) is 44.7 Å². The summed E-state index contributed by atoms with van der Waals surface area (Å²) in [5.41, 5.74) is 3.03. The monoisotopic (exact) mass is 458 g/mol. The van der Waals surface area contributed by atoms with Gasteiger partial charge in [-0.3, -0.25) is 4.79 Å². The number of amidine groups is 1. The van der Waals surface area contributed by atoms with Gasteiger partial charge in [0.05, 0.1) is 17.5 Å². The van der Waals surface area contributed by atoms with Gasteiger partial charge in [0.2, 0.25) is 5.91 Å². The predicted octanol–water partition coefficient (Wildman–Crippen LogP) is 3.71. The van der Waals surface area contributed by atoms with E-state index in [1.165, 1.54) is 11.8 Å². The van der Waals surface area contributed by atoms with Gasteiger partial charge in [0.15, 0.2) is 15.0 Å². The SMILES string of the molecule is Cc1cc(Br)cc(C)c1N1C(=NC(=O)CC(C)C)S[C@H]2CS(=O)(=O)C[C@H]21. The molecule has 5 nitrogen and oxygen atoms in total. The number of thioether (sulfide) groups is 1. The molecule has 1 aromatic carbocycles. The number of aryl methyl sites for hydroxylation is 2. The third-order valence-electron chi connectivity index (χ3n) is 4.57. The van der Waals surface area contributed by atoms with Crippen molar-refractivity contribution in [2.75, 3.05) is 16.4 Å². The van der Waals surface area contributed by atoms with Gasteiger partial charge in [0.1, 0.15) is 0 Å². The van der Waals surface area contributed by atoms with E-state index >= 15 is 0 Å². The summed E-state index contributed by atoms with van der Waals surface area (Å²) in [5.74, 6) is 0.340. The highest BCUT2D eigenvalue weighted by Crippen LogP contribution is 2.43. The van der Waals surface area contributed by atoms with Crippen LogP contribution in [0.1, 0.15) is 31.4 Å². The fourth-order valence-corrected chi connectivity index (χ4v) is 8.21. The summed E-state index contributed by atoms with van der Waals surface area (Å²) >= 11 is 4.94. The number of aliphatic imine (C=N–C) groups is 1. The van der Waals surface area contributed by atoms with E-state index in [1.54, 1.807) is 0 Å². The number of hydrogen-bond donors (Lipinski definition) is 0. The van der Waals surface area contributed by atoms with Crippen molar-refractivity contribution in [3.05, 3.63) is 27.7 Å². The first-order chi connectivity index (χ1) is 12.1. The summed E-state index contributed by atoms with van der Waals surface area (Å²) in [7, 11) is -3.06. The lowest BCUT2D eigenvalue weighted by atomic mass is 10.1. The van der Waals surface area contributed by atoms with Crippen LogP contribution < -0.4 is 4.90 Å². The first-order valence-electron chi connectivity index (χ1n) is 8.62. The molecule has 0 bridgehead atoms. The Morgan fingerprint density at radius 1 is 1.31 bits per heavy atom. The Hall–Kier alpha value is -0.860. The minimum Gasteiger partial charge on any atom is -0.315 e. The molecule has 2 aliphatic rings. The molecule has 2 saturated heterocycles. The molecule has 0 saturated carbocycles. The Balaban J connectivity index is 2.07. The van der Waals surface area contributed by atoms with Crippen LogP contribution in [-0.2, 0) is 14.6 Å². The van der Waals surface area contributed by atoms with Gasteiger partial charge in [-0.05, 0) is 43.0 Å². The van der Waals surface area contributed by atoms with Gasteiger partial charge in [-0.25, -0.2) is 8.42 Å². The largest absolute Gasteiger partial charge is 0.315 e. The van der Waals surface area contributed by atoms with Crippen LogP contribution in [0.15, 0.2) is 21.6 Å². The first kappa shape index (κ1) is 19.9. The fraction of sp³-hybridized carbons (Fsp3) is 0.556. The Morgan fingerprint density at radius 3 is 2.50 bits per heavy atom. The molecule has 142 valence electrons. The van der Waals surface area contributed by atoms with Crippen LogP contribution in [0.2, 0.25) is 0 Å². The maximum absolute atomic E-state index is 12.3. The number of rotatable bonds is 3. The van der Waals surface area contributed by atoms with E-state index in [9.17, 15) is 13.2 Å². The zero-order valence-electron chi connectivity index (χ0n) is 15.3. The molecule has 2 fully saturated rings. The van der Waals surface area contributed by atoms with Crippen molar-refractivity contribution in [2.24, 2.45) is 10.9 Å². The third kappa shape index (κ3) is 4.02. The van der Waals surface area contributed by atoms with Crippen LogP contribution in [0.3, 0.4) is 0 Å². The summed E-state index contributed by atoms with van der Waals surface area (Å²) in [6.07, 6.45) is 0.393. The van der Waals surface area contributed by atoms with Crippen LogP contribution >= 0.6 is 27.7 Å². The molecule has 0 N–H and O–H groups in total. The Kier molecular flexibility index (Phi) is 5.57. The smallest absolute Gasteiger partial charge is 0.248 e. The molecule has 1 aromatic rings. The van der Waals surface area contributed by atoms with E-state index in [0.717, 1.165) is 21.3 Å². The van der Waals surface area contributed by atoms with E-state index in [2.05, 4.69) is 20.9 Å². The van der Waals surface area contributed by atoms with Crippen molar-refractivity contribution in [1.29, 1.82) is 0 Å². The van der Waals surface area contributed by atoms with Gasteiger partial charge >= 0.3 is 0 Å². The van der Waals surface area contributed by atoms with Crippen LogP contribution in [-0.4, -0.2) is 42.3 Å². The average molecular weight is 459 g/mol. The van der Waals surface area contributed by atoms with Crippen LogP contribution in [0.5, 0.6) is 0 Å². The number of nitrogens with zero attached hydrogens (tertiary/aromatic N) is 2. The lowest BCUT2D eigenvalue weighted by Gasteiger charge is -2.28. The highest BCUT2D eigenvalue weighted by molar-refractivity contribution is 9.10. The molecule has 2 atom stereocenters. The number of fused-ring (bicyclic) bond motifs is 1. The van der Waals surface area contributed by atoms with Gasteiger partial charge in [0.25, 0.3) is 0 Å². The van der Waals surface area contributed by atoms with E-state index in [4.69, 9.17) is 0 Å². The molecule has 0 aliphatic carbocycles. The van der Waals surface area contributed by atoms with E-state index in [-0.39, 0.29) is 34.6 Å². The molecule has 2 aliphatic heterocycles. The maximum Gasteiger partial charge on any atom is 0.248 e. The number of hydrogen-bond acceptors (Lipinski definition) is 4. The summed E-state index contributed by atoms with van der Waals surface area (Å²) in [4.78, 5) is 18.7. The molecule has 0 spiro atoms. The molecule has 0 radical (unpaired) electrons. The maximum atomic E-state index is 12.3. The predicted molar refractivity (Wildman–Crippen MR) is 112 cm³/mol. The third-order valence-corrected chi connectivity index (χ3v) is 8.23. The second-order valence-corrected chi connectivity index (χ2v) is 11.7. The molecular formula is C18H23BrN2O3S2. The molecule has 2 heterocycles. The average Bonchev–Trinajstić information content (AvgIpc) is 2.89. The van der Waals surface area contributed by atoms with Crippen LogP contribution in [0.4, 0.5) is 5.69 Å². The van der Waals surface area contributed by atoms with Crippen LogP contribution in [0.25, 0.3) is 0 Å². The van der Waals surface area contributed by atoms with Crippen molar-refractivity contribution < 1.29 is 13.2 Å². The molecular weight excluding hydrogens is 436 g/mol. The van der Waals surface area contributed by atoms with E-state index < -0.39 is 9.84 Å². The van der Waals surface area contributed by atoms with Gasteiger partial charge in [-0.15, -0.1) is 0 Å². The highest BCUT2D eigenvalue weighted by atomic mass is 79.9. The summed E-state index contributed by atoms with van der Waals surface area (Å²) in [6, 6.07) is 3.85. The number of carbonyl (C=O) groups is 1. The topological polar surface area (TPSA) is 66.8 Å². The lowest BCUT2D eigenvalue weighted by molar-refractivity contribution is -0.118. The summed E-state index contributed by atoms with van der Waals surface area (Å²) in [6.45, 7) is 7.98. The quantitative estimate of drug-likeness (QED) is 0.690. The van der Waals surface area contributed by atoms with Crippen molar-refractivity contribution in [3.8, 4) is 0 Å². The zero-order valence-corrected chi connectivity index (χ0v) is 18.5. The van der Waals surface area contributed by atoms with Crippen molar-refractivity contribution in [2.45, 2.75) is 45.4 Å². The van der Waals surface area contributed by atoms with Gasteiger partial charge in [0, 0.05) is 21.8 Å². The molecule has 0 unspecified atom stereocenters. The second-order valence-electron chi connectivity index (χ2n) is 7.44. The number of benzene rings is 1. The number of anilines is 1. The first-order valence-corrected chi connectivity index (χ1v) is 12.1. The van der Waals surface area contributed by atoms with Gasteiger partial charge < -0.3 is 4.90 Å². The van der Waals surface area contributed by atoms with E-state index in [0.29, 0.717) is 11.6 Å². The highest BCUT2D eigenvalue weighted by Gasteiger charge is 2.50. The second kappa shape index (κ2) is 7.28. The molecule has 0 aromatic heterocycles. The molecule has 26 heavy (non-hydrogen) atoms. The Labute approximate surface area is 167 Å². The van der Waals surface area contributed by atoms with Crippen molar-refractivity contribution >= 4 is 54.3 Å². The molecule has 1 amide bonds. The number of carbonyl (C=O) groups excluding carboxylic acids is 1. The van der Waals surface area contributed by atoms with Gasteiger partial charge in [-0.2, -0.15) is 4.99 Å². The summed E-state index contributed by atoms with van der Waals surface area (Å²) in [5, 5.41) is 0.558.